The summed E-state index contributed by atoms with van der Waals surface area (Å²) in [5.74, 6) is -0.444. The van der Waals surface area contributed by atoms with Crippen LogP contribution >= 0.6 is 22.9 Å². The van der Waals surface area contributed by atoms with Gasteiger partial charge in [-0.05, 0) is 36.4 Å². The lowest BCUT2D eigenvalue weighted by Crippen LogP contribution is -2.05. The number of nitrogens with zero attached hydrogens (tertiary/aromatic N) is 2. The summed E-state index contributed by atoms with van der Waals surface area (Å²) in [4.78, 5) is 16.4. The van der Waals surface area contributed by atoms with E-state index in [1.54, 1.807) is 24.3 Å². The van der Waals surface area contributed by atoms with Gasteiger partial charge in [0.25, 0.3) is 0 Å². The number of esters is 1. The fourth-order valence-electron chi connectivity index (χ4n) is 2.00. The summed E-state index contributed by atoms with van der Waals surface area (Å²) in [6, 6.07) is 15.7. The third-order valence-electron chi connectivity index (χ3n) is 3.24. The Labute approximate surface area is 147 Å². The minimum Gasteiger partial charge on any atom is -0.456 e. The first-order chi connectivity index (χ1) is 11.7. The molecule has 0 amide bonds. The molecule has 0 aliphatic heterocycles. The quantitative estimate of drug-likeness (QED) is 0.637. The Hall–Kier alpha value is -2.68. The van der Waals surface area contributed by atoms with Gasteiger partial charge in [-0.25, -0.2) is 9.78 Å². The Balaban J connectivity index is 1.63. The number of halogens is 1. The molecule has 118 valence electrons. The van der Waals surface area contributed by atoms with Gasteiger partial charge in [0.15, 0.2) is 0 Å². The second-order valence-electron chi connectivity index (χ2n) is 4.92. The number of hydrogen-bond donors (Lipinski definition) is 0. The molecule has 6 heteroatoms. The zero-order chi connectivity index (χ0) is 16.9. The molecule has 0 fully saturated rings. The van der Waals surface area contributed by atoms with Crippen LogP contribution in [0.3, 0.4) is 0 Å². The molecule has 3 rings (SSSR count). The van der Waals surface area contributed by atoms with Gasteiger partial charge in [0.1, 0.15) is 11.6 Å². The van der Waals surface area contributed by atoms with Crippen LogP contribution in [0, 0.1) is 11.3 Å². The van der Waals surface area contributed by atoms with Gasteiger partial charge >= 0.3 is 5.97 Å². The number of ether oxygens (including phenoxy) is 1. The van der Waals surface area contributed by atoms with Crippen LogP contribution in [0.1, 0.15) is 21.6 Å². The highest BCUT2D eigenvalue weighted by Crippen LogP contribution is 2.25. The smallest absolute Gasteiger partial charge is 0.338 e. The summed E-state index contributed by atoms with van der Waals surface area (Å²) >= 11 is 7.35. The number of benzene rings is 2. The fraction of sp³-hybridized carbons (Fsp3) is 0.0556. The summed E-state index contributed by atoms with van der Waals surface area (Å²) in [7, 11) is 0. The number of rotatable bonds is 4. The molecule has 1 heterocycles. The van der Waals surface area contributed by atoms with Crippen molar-refractivity contribution in [1.29, 1.82) is 5.26 Å². The summed E-state index contributed by atoms with van der Waals surface area (Å²) in [6.07, 6.45) is 0. The Kier molecular flexibility index (Phi) is 4.90. The predicted molar refractivity (Wildman–Crippen MR) is 92.8 cm³/mol. The summed E-state index contributed by atoms with van der Waals surface area (Å²) in [6.45, 7) is 0.100. The summed E-state index contributed by atoms with van der Waals surface area (Å²) in [5, 5.41) is 12.1. The van der Waals surface area contributed by atoms with Crippen LogP contribution in [0.4, 0.5) is 0 Å². The highest BCUT2D eigenvalue weighted by Gasteiger charge is 2.10. The van der Waals surface area contributed by atoms with Gasteiger partial charge in [-0.1, -0.05) is 23.7 Å². The van der Waals surface area contributed by atoms with Crippen molar-refractivity contribution in [2.24, 2.45) is 0 Å². The van der Waals surface area contributed by atoms with Crippen molar-refractivity contribution >= 4 is 28.9 Å². The van der Waals surface area contributed by atoms with E-state index in [9.17, 15) is 4.79 Å². The Morgan fingerprint density at radius 2 is 1.88 bits per heavy atom. The maximum absolute atomic E-state index is 12.0. The molecule has 24 heavy (non-hydrogen) atoms. The van der Waals surface area contributed by atoms with E-state index in [4.69, 9.17) is 21.6 Å². The topological polar surface area (TPSA) is 63.0 Å². The Bertz CT molecular complexity index is 896. The van der Waals surface area contributed by atoms with E-state index in [0.717, 1.165) is 10.6 Å². The van der Waals surface area contributed by atoms with Gasteiger partial charge < -0.3 is 4.74 Å². The highest BCUT2D eigenvalue weighted by atomic mass is 35.5. The lowest BCUT2D eigenvalue weighted by Gasteiger charge is -2.03. The van der Waals surface area contributed by atoms with E-state index in [1.165, 1.54) is 11.3 Å². The highest BCUT2D eigenvalue weighted by molar-refractivity contribution is 7.13. The van der Waals surface area contributed by atoms with E-state index >= 15 is 0 Å². The average Bonchev–Trinajstić information content (AvgIpc) is 3.09. The van der Waals surface area contributed by atoms with Gasteiger partial charge in [-0.15, -0.1) is 11.3 Å². The van der Waals surface area contributed by atoms with Crippen molar-refractivity contribution in [2.45, 2.75) is 6.61 Å². The monoisotopic (exact) mass is 354 g/mol. The van der Waals surface area contributed by atoms with Crippen molar-refractivity contribution in [2.75, 3.05) is 0 Å². The van der Waals surface area contributed by atoms with Crippen molar-refractivity contribution in [3.8, 4) is 16.6 Å². The number of carbonyl (C=O) groups excluding carboxylic acids is 1. The van der Waals surface area contributed by atoms with Crippen molar-refractivity contribution in [3.63, 3.8) is 0 Å². The molecule has 0 saturated carbocycles. The molecule has 1 aromatic heterocycles. The number of hydrogen-bond acceptors (Lipinski definition) is 5. The zero-order valence-electron chi connectivity index (χ0n) is 12.4. The van der Waals surface area contributed by atoms with Gasteiger partial charge in [-0.3, -0.25) is 0 Å². The third kappa shape index (κ3) is 3.80. The van der Waals surface area contributed by atoms with Gasteiger partial charge in [0.2, 0.25) is 0 Å². The van der Waals surface area contributed by atoms with E-state index in [-0.39, 0.29) is 6.61 Å². The molecule has 0 bridgehead atoms. The van der Waals surface area contributed by atoms with Gasteiger partial charge in [0.05, 0.1) is 22.9 Å². The molecule has 0 unspecified atom stereocenters. The van der Waals surface area contributed by atoms with E-state index in [2.05, 4.69) is 4.98 Å². The SMILES string of the molecule is N#Cc1ccc(C(=O)OCc2csc(-c3ccc(Cl)cc3)n2)cc1. The van der Waals surface area contributed by atoms with Crippen LogP contribution in [0.2, 0.25) is 5.02 Å². The van der Waals surface area contributed by atoms with E-state index in [1.807, 2.05) is 35.7 Å². The molecular weight excluding hydrogens is 344 g/mol. The van der Waals surface area contributed by atoms with Crippen molar-refractivity contribution in [3.05, 3.63) is 75.8 Å². The normalized spacial score (nSPS) is 10.2. The molecule has 4 nitrogen and oxygen atoms in total. The number of aromatic nitrogens is 1. The maximum Gasteiger partial charge on any atom is 0.338 e. The fourth-order valence-corrected chi connectivity index (χ4v) is 2.94. The average molecular weight is 355 g/mol. The van der Waals surface area contributed by atoms with Crippen molar-refractivity contribution < 1.29 is 9.53 Å². The maximum atomic E-state index is 12.0. The number of carbonyl (C=O) groups is 1. The predicted octanol–water partition coefficient (Wildman–Crippen LogP) is 4.69. The second kappa shape index (κ2) is 7.26. The third-order valence-corrected chi connectivity index (χ3v) is 4.44. The van der Waals surface area contributed by atoms with Crippen LogP contribution in [0.5, 0.6) is 0 Å². The summed E-state index contributed by atoms with van der Waals surface area (Å²) < 4.78 is 5.26. The zero-order valence-corrected chi connectivity index (χ0v) is 14.0. The summed E-state index contributed by atoms with van der Waals surface area (Å²) in [5.41, 5.74) is 2.56. The first kappa shape index (κ1) is 16.2. The standard InChI is InChI=1S/C18H11ClN2O2S/c19-15-7-5-13(6-8-15)17-21-16(11-24-17)10-23-18(22)14-3-1-12(9-20)2-4-14/h1-8,11H,10H2. The lowest BCUT2D eigenvalue weighted by atomic mass is 10.1. The largest absolute Gasteiger partial charge is 0.456 e. The van der Waals surface area contributed by atoms with E-state index in [0.29, 0.717) is 21.8 Å². The Morgan fingerprint density at radius 3 is 2.54 bits per heavy atom. The molecule has 2 aromatic carbocycles. The number of thiazole rings is 1. The molecule has 0 spiro atoms. The van der Waals surface area contributed by atoms with Gasteiger partial charge in [-0.2, -0.15) is 5.26 Å². The molecule has 0 aliphatic carbocycles. The van der Waals surface area contributed by atoms with Crippen molar-refractivity contribution in [1.82, 2.24) is 4.98 Å². The van der Waals surface area contributed by atoms with Crippen LogP contribution in [-0.4, -0.2) is 11.0 Å². The van der Waals surface area contributed by atoms with Gasteiger partial charge in [0, 0.05) is 16.0 Å². The van der Waals surface area contributed by atoms with E-state index < -0.39 is 5.97 Å². The first-order valence-corrected chi connectivity index (χ1v) is 8.29. The van der Waals surface area contributed by atoms with Crippen LogP contribution in [-0.2, 0) is 11.3 Å². The molecule has 0 atom stereocenters. The first-order valence-electron chi connectivity index (χ1n) is 7.03. The molecule has 0 radical (unpaired) electrons. The van der Waals surface area contributed by atoms with Crippen LogP contribution in [0.25, 0.3) is 10.6 Å². The Morgan fingerprint density at radius 1 is 1.17 bits per heavy atom. The van der Waals surface area contributed by atoms with Crippen LogP contribution < -0.4 is 0 Å². The molecular formula is C18H11ClN2O2S. The molecule has 0 saturated heterocycles. The molecule has 0 N–H and O–H groups in total. The lowest BCUT2D eigenvalue weighted by molar-refractivity contribution is 0.0468. The minimum atomic E-state index is -0.444. The molecule has 0 aliphatic rings. The number of nitriles is 1. The van der Waals surface area contributed by atoms with Crippen LogP contribution in [0.15, 0.2) is 53.9 Å². The second-order valence-corrected chi connectivity index (χ2v) is 6.21. The molecule has 3 aromatic rings. The minimum absolute atomic E-state index is 0.100.